The second kappa shape index (κ2) is 15.1. The average Bonchev–Trinajstić information content (AvgIpc) is 3.88. The molecule has 0 saturated carbocycles. The fourth-order valence-electron chi connectivity index (χ4n) is 10.6. The summed E-state index contributed by atoms with van der Waals surface area (Å²) in [6, 6.07) is 54.0. The van der Waals surface area contributed by atoms with E-state index >= 15 is 0 Å². The summed E-state index contributed by atoms with van der Waals surface area (Å²) in [5, 5.41) is 2.63. The van der Waals surface area contributed by atoms with Crippen LogP contribution in [-0.4, -0.2) is 6.71 Å². The molecule has 2 aromatic heterocycles. The topological polar surface area (TPSA) is 6.48 Å². The van der Waals surface area contributed by atoms with Crippen molar-refractivity contribution in [1.82, 2.24) is 0 Å². The molecule has 0 radical (unpaired) electrons. The Morgan fingerprint density at radius 2 is 1.09 bits per heavy atom. The van der Waals surface area contributed by atoms with Gasteiger partial charge in [-0.1, -0.05) is 147 Å². The van der Waals surface area contributed by atoms with Gasteiger partial charge >= 0.3 is 0 Å². The molecule has 0 amide bonds. The highest BCUT2D eigenvalue weighted by molar-refractivity contribution is 7.33. The molecule has 2 aliphatic rings. The average molecular weight is 895 g/mol. The van der Waals surface area contributed by atoms with Crippen LogP contribution in [-0.2, 0) is 16.2 Å². The Balaban J connectivity index is 1.26. The highest BCUT2D eigenvalue weighted by Crippen LogP contribution is 2.52. The maximum atomic E-state index is 2.69. The van der Waals surface area contributed by atoms with Crippen molar-refractivity contribution >= 4 is 99.4 Å². The fraction of sp³-hybridized carbons (Fsp3) is 0.246. The van der Waals surface area contributed by atoms with E-state index in [1.165, 1.54) is 125 Å². The standard InChI is InChI=1S/C61H59BN2S2/c1-36-28-50-55-51(29-36)64(56-37(2)30-44(31-38(56)3)61(10,11)12)57-46-35-43(60(7,8)9)24-27-53(46)66-58(57)62(55)47-25-22-41(54-33-40-20-16-17-21-52(40)65-54)32-49(47)63(50)48-26-23-42(59(4,5)6)34-45(48)39-18-14-13-15-19-39/h13-35H,1-12H3. The van der Waals surface area contributed by atoms with Gasteiger partial charge in [0.1, 0.15) is 0 Å². The first-order valence-corrected chi connectivity index (χ1v) is 25.2. The molecule has 0 unspecified atom stereocenters. The number of thiophene rings is 2. The van der Waals surface area contributed by atoms with Gasteiger partial charge in [0.05, 0.1) is 17.1 Å². The van der Waals surface area contributed by atoms with E-state index in [-0.39, 0.29) is 23.0 Å². The number of fused-ring (bicyclic) bond motifs is 7. The first-order chi connectivity index (χ1) is 31.3. The summed E-state index contributed by atoms with van der Waals surface area (Å²) in [4.78, 5) is 6.62. The molecule has 2 nitrogen and oxygen atoms in total. The van der Waals surface area contributed by atoms with Crippen molar-refractivity contribution in [3.05, 3.63) is 173 Å². The number of anilines is 6. The zero-order valence-corrected chi connectivity index (χ0v) is 42.2. The van der Waals surface area contributed by atoms with Crippen molar-refractivity contribution < 1.29 is 0 Å². The van der Waals surface area contributed by atoms with E-state index in [1.807, 2.05) is 22.7 Å². The van der Waals surface area contributed by atoms with Gasteiger partial charge in [-0.05, 0) is 152 Å². The predicted molar refractivity (Wildman–Crippen MR) is 292 cm³/mol. The maximum Gasteiger partial charge on any atom is 0.264 e. The van der Waals surface area contributed by atoms with Crippen molar-refractivity contribution in [2.24, 2.45) is 0 Å². The molecule has 0 spiro atoms. The van der Waals surface area contributed by atoms with Crippen molar-refractivity contribution in [2.75, 3.05) is 9.80 Å². The smallest absolute Gasteiger partial charge is 0.264 e. The van der Waals surface area contributed by atoms with Crippen LogP contribution in [0.4, 0.5) is 34.1 Å². The van der Waals surface area contributed by atoms with Crippen LogP contribution >= 0.6 is 22.7 Å². The lowest BCUT2D eigenvalue weighted by Crippen LogP contribution is -2.60. The van der Waals surface area contributed by atoms with E-state index in [9.17, 15) is 0 Å². The number of benzene rings is 7. The third-order valence-corrected chi connectivity index (χ3v) is 16.5. The molecule has 66 heavy (non-hydrogen) atoms. The monoisotopic (exact) mass is 894 g/mol. The Morgan fingerprint density at radius 1 is 0.455 bits per heavy atom. The van der Waals surface area contributed by atoms with Gasteiger partial charge in [0, 0.05) is 47.1 Å². The Morgan fingerprint density at radius 3 is 1.77 bits per heavy atom. The summed E-state index contributed by atoms with van der Waals surface area (Å²) in [6.07, 6.45) is 0. The molecule has 0 fully saturated rings. The van der Waals surface area contributed by atoms with Gasteiger partial charge in [0.25, 0.3) is 6.71 Å². The molecule has 0 saturated heterocycles. The molecular weight excluding hydrogens is 836 g/mol. The van der Waals surface area contributed by atoms with Crippen LogP contribution in [0.1, 0.15) is 95.7 Å². The Hall–Kier alpha value is -5.88. The van der Waals surface area contributed by atoms with Crippen LogP contribution in [0.25, 0.3) is 41.7 Å². The van der Waals surface area contributed by atoms with Crippen LogP contribution in [0.2, 0.25) is 0 Å². The van der Waals surface area contributed by atoms with E-state index in [0.29, 0.717) is 0 Å². The lowest BCUT2D eigenvalue weighted by Gasteiger charge is -2.44. The number of hydrogen-bond acceptors (Lipinski definition) is 4. The first-order valence-electron chi connectivity index (χ1n) is 23.6. The van der Waals surface area contributed by atoms with Crippen LogP contribution in [0.3, 0.4) is 0 Å². The highest BCUT2D eigenvalue weighted by Gasteiger charge is 2.46. The van der Waals surface area contributed by atoms with Gasteiger partial charge in [0.2, 0.25) is 0 Å². The second-order valence-corrected chi connectivity index (χ2v) is 24.2. The Bertz CT molecular complexity index is 3370. The lowest BCUT2D eigenvalue weighted by atomic mass is 9.36. The molecule has 0 bridgehead atoms. The highest BCUT2D eigenvalue weighted by atomic mass is 32.1. The summed E-state index contributed by atoms with van der Waals surface area (Å²) >= 11 is 3.88. The molecule has 11 rings (SSSR count). The van der Waals surface area contributed by atoms with Gasteiger partial charge in [-0.2, -0.15) is 0 Å². The number of hydrogen-bond donors (Lipinski definition) is 0. The van der Waals surface area contributed by atoms with Crippen molar-refractivity contribution in [3.63, 3.8) is 0 Å². The summed E-state index contributed by atoms with van der Waals surface area (Å²) in [6.45, 7) is 28.0. The van der Waals surface area contributed by atoms with Gasteiger partial charge in [-0.3, -0.25) is 0 Å². The predicted octanol–water partition coefficient (Wildman–Crippen LogP) is 16.4. The van der Waals surface area contributed by atoms with Gasteiger partial charge in [0.15, 0.2) is 0 Å². The van der Waals surface area contributed by atoms with E-state index in [4.69, 9.17) is 0 Å². The number of aryl methyl sites for hydroxylation is 3. The zero-order chi connectivity index (χ0) is 46.2. The molecule has 5 heteroatoms. The van der Waals surface area contributed by atoms with E-state index < -0.39 is 0 Å². The number of rotatable bonds is 4. The van der Waals surface area contributed by atoms with Crippen molar-refractivity contribution in [3.8, 4) is 21.6 Å². The van der Waals surface area contributed by atoms with Gasteiger partial charge < -0.3 is 9.80 Å². The lowest BCUT2D eigenvalue weighted by molar-refractivity contribution is 0.589. The van der Waals surface area contributed by atoms with Crippen molar-refractivity contribution in [1.29, 1.82) is 0 Å². The second-order valence-electron chi connectivity index (χ2n) is 22.1. The molecular formula is C61H59BN2S2. The quantitative estimate of drug-likeness (QED) is 0.162. The molecule has 0 atom stereocenters. The summed E-state index contributed by atoms with van der Waals surface area (Å²) in [5.74, 6) is 0. The van der Waals surface area contributed by atoms with E-state index in [2.05, 4.69) is 232 Å². The normalized spacial score (nSPS) is 13.7. The fourth-order valence-corrected chi connectivity index (χ4v) is 13.0. The molecule has 2 aliphatic heterocycles. The third-order valence-electron chi connectivity index (χ3n) is 14.2. The molecule has 0 N–H and O–H groups in total. The Labute approximate surface area is 400 Å². The SMILES string of the molecule is Cc1cc2c3c(c1)N(c1c(C)cc(C(C)(C)C)cc1C)c1c(sc4ccc(C(C)(C)C)cc14)B3c1ccc(-c3cc4ccccc4s3)cc1N2c1ccc(C(C)(C)C)cc1-c1ccccc1. The minimum atomic E-state index is -0.0208. The molecule has 0 aliphatic carbocycles. The van der Waals surface area contributed by atoms with Gasteiger partial charge in [-0.25, -0.2) is 0 Å². The van der Waals surface area contributed by atoms with Crippen LogP contribution < -0.4 is 25.5 Å². The third kappa shape index (κ3) is 6.87. The maximum absolute atomic E-state index is 2.69. The molecule has 7 aromatic carbocycles. The van der Waals surface area contributed by atoms with Crippen LogP contribution in [0.5, 0.6) is 0 Å². The largest absolute Gasteiger partial charge is 0.311 e. The molecule has 9 aromatic rings. The summed E-state index contributed by atoms with van der Waals surface area (Å²) in [7, 11) is 0. The van der Waals surface area contributed by atoms with Crippen molar-refractivity contribution in [2.45, 2.75) is 99.3 Å². The van der Waals surface area contributed by atoms with Gasteiger partial charge in [-0.15, -0.1) is 22.7 Å². The first kappa shape index (κ1) is 42.7. The summed E-state index contributed by atoms with van der Waals surface area (Å²) in [5.41, 5.74) is 21.9. The Kier molecular flexibility index (Phi) is 9.76. The van der Waals surface area contributed by atoms with Crippen LogP contribution in [0, 0.1) is 20.8 Å². The summed E-state index contributed by atoms with van der Waals surface area (Å²) < 4.78 is 4.06. The zero-order valence-electron chi connectivity index (χ0n) is 40.6. The molecule has 4 heterocycles. The molecule has 328 valence electrons. The minimum absolute atomic E-state index is 0.00426. The van der Waals surface area contributed by atoms with Crippen LogP contribution in [0.15, 0.2) is 140 Å². The number of nitrogens with zero attached hydrogens (tertiary/aromatic N) is 2. The van der Waals surface area contributed by atoms with E-state index in [1.54, 1.807) is 0 Å². The van der Waals surface area contributed by atoms with E-state index in [0.717, 1.165) is 0 Å². The minimum Gasteiger partial charge on any atom is -0.311 e.